The summed E-state index contributed by atoms with van der Waals surface area (Å²) in [6.45, 7) is 7.15. The zero-order valence-corrected chi connectivity index (χ0v) is 18.2. The molecule has 1 unspecified atom stereocenters. The van der Waals surface area contributed by atoms with Crippen LogP contribution in [0.25, 0.3) is 0 Å². The molecule has 3 amide bonds. The molecule has 31 heavy (non-hydrogen) atoms. The topological polar surface area (TPSA) is 87.7 Å². The fourth-order valence-corrected chi connectivity index (χ4v) is 3.33. The average molecular weight is 424 g/mol. The fourth-order valence-electron chi connectivity index (χ4n) is 3.33. The minimum atomic E-state index is -0.537. The smallest absolute Gasteiger partial charge is 0.411 e. The minimum Gasteiger partial charge on any atom is -0.449 e. The van der Waals surface area contributed by atoms with Crippen molar-refractivity contribution in [2.75, 3.05) is 23.8 Å². The summed E-state index contributed by atoms with van der Waals surface area (Å²) in [7, 11) is 0. The predicted molar refractivity (Wildman–Crippen MR) is 120 cm³/mol. The van der Waals surface area contributed by atoms with Crippen molar-refractivity contribution in [2.45, 2.75) is 33.7 Å². The van der Waals surface area contributed by atoms with Gasteiger partial charge in [0.15, 0.2) is 0 Å². The number of ether oxygens (including phenoxy) is 1. The molecule has 2 aromatic rings. The van der Waals surface area contributed by atoms with Crippen molar-refractivity contribution < 1.29 is 19.1 Å². The van der Waals surface area contributed by atoms with E-state index >= 15 is 0 Å². The Morgan fingerprint density at radius 2 is 1.77 bits per heavy atom. The summed E-state index contributed by atoms with van der Waals surface area (Å²) >= 11 is 0. The number of hydrogen-bond acceptors (Lipinski definition) is 4. The first-order valence-electron chi connectivity index (χ1n) is 10.5. The van der Waals surface area contributed by atoms with Gasteiger partial charge in [0.05, 0.1) is 12.5 Å². The summed E-state index contributed by atoms with van der Waals surface area (Å²) in [5.41, 5.74) is 3.29. The first kappa shape index (κ1) is 22.3. The Morgan fingerprint density at radius 3 is 2.45 bits per heavy atom. The van der Waals surface area contributed by atoms with Gasteiger partial charge in [-0.25, -0.2) is 4.79 Å². The van der Waals surface area contributed by atoms with Crippen LogP contribution in [0.15, 0.2) is 48.5 Å². The maximum Gasteiger partial charge on any atom is 0.411 e. The van der Waals surface area contributed by atoms with Crippen molar-refractivity contribution in [1.29, 1.82) is 0 Å². The first-order valence-corrected chi connectivity index (χ1v) is 10.5. The molecular weight excluding hydrogens is 394 g/mol. The van der Waals surface area contributed by atoms with Crippen LogP contribution in [0.2, 0.25) is 0 Å². The largest absolute Gasteiger partial charge is 0.449 e. The lowest BCUT2D eigenvalue weighted by molar-refractivity contribution is -0.128. The molecular formula is C24H29N3O4. The van der Waals surface area contributed by atoms with E-state index in [0.717, 1.165) is 5.56 Å². The van der Waals surface area contributed by atoms with Gasteiger partial charge in [0.25, 0.3) is 0 Å². The Labute approximate surface area is 182 Å². The number of nitrogens with one attached hydrogen (secondary N) is 2. The molecule has 164 valence electrons. The van der Waals surface area contributed by atoms with E-state index in [1.807, 2.05) is 45.0 Å². The van der Waals surface area contributed by atoms with E-state index in [9.17, 15) is 14.4 Å². The second-order valence-electron chi connectivity index (χ2n) is 8.35. The summed E-state index contributed by atoms with van der Waals surface area (Å²) in [5, 5.41) is 5.50. The SMILES string of the molecule is Cc1ccc(CN2CC(C(=O)Nc3cccc(NC(=O)OCC(C)C)c3)CC2=O)cc1. The second-order valence-corrected chi connectivity index (χ2v) is 8.35. The lowest BCUT2D eigenvalue weighted by Gasteiger charge is -2.17. The molecule has 0 bridgehead atoms. The monoisotopic (exact) mass is 423 g/mol. The molecule has 0 spiro atoms. The van der Waals surface area contributed by atoms with E-state index in [4.69, 9.17) is 4.74 Å². The fraction of sp³-hybridized carbons (Fsp3) is 0.375. The van der Waals surface area contributed by atoms with Crippen LogP contribution in [0.3, 0.4) is 0 Å². The minimum absolute atomic E-state index is 0.0240. The summed E-state index contributed by atoms with van der Waals surface area (Å²) in [6, 6.07) is 14.9. The molecule has 3 rings (SSSR count). The van der Waals surface area contributed by atoms with Crippen molar-refractivity contribution in [3.63, 3.8) is 0 Å². The molecule has 0 saturated carbocycles. The van der Waals surface area contributed by atoms with E-state index < -0.39 is 12.0 Å². The number of carbonyl (C=O) groups excluding carboxylic acids is 3. The van der Waals surface area contributed by atoms with Gasteiger partial charge >= 0.3 is 6.09 Å². The maximum absolute atomic E-state index is 12.7. The number of amides is 3. The van der Waals surface area contributed by atoms with E-state index in [1.54, 1.807) is 29.2 Å². The highest BCUT2D eigenvalue weighted by atomic mass is 16.5. The van der Waals surface area contributed by atoms with Crippen LogP contribution in [0, 0.1) is 18.8 Å². The molecule has 1 saturated heterocycles. The number of hydrogen-bond donors (Lipinski definition) is 2. The normalized spacial score (nSPS) is 15.8. The number of aryl methyl sites for hydroxylation is 1. The third kappa shape index (κ3) is 6.57. The lowest BCUT2D eigenvalue weighted by atomic mass is 10.1. The Morgan fingerprint density at radius 1 is 1.10 bits per heavy atom. The molecule has 2 N–H and O–H groups in total. The summed E-state index contributed by atoms with van der Waals surface area (Å²) in [5.74, 6) is -0.398. The van der Waals surface area contributed by atoms with Crippen LogP contribution in [-0.2, 0) is 20.9 Å². The van der Waals surface area contributed by atoms with Crippen molar-refractivity contribution in [2.24, 2.45) is 11.8 Å². The van der Waals surface area contributed by atoms with Crippen LogP contribution in [0.5, 0.6) is 0 Å². The maximum atomic E-state index is 12.7. The standard InChI is InChI=1S/C24H29N3O4/c1-16(2)15-31-24(30)26-21-6-4-5-20(12-21)25-23(29)19-11-22(28)27(14-19)13-18-9-7-17(3)8-10-18/h4-10,12,16,19H,11,13-15H2,1-3H3,(H,25,29)(H,26,30). The highest BCUT2D eigenvalue weighted by Crippen LogP contribution is 2.23. The van der Waals surface area contributed by atoms with Gasteiger partial charge in [-0.1, -0.05) is 49.7 Å². The number of carbonyl (C=O) groups is 3. The van der Waals surface area contributed by atoms with Gasteiger partial charge in [-0.15, -0.1) is 0 Å². The summed E-state index contributed by atoms with van der Waals surface area (Å²) in [4.78, 5) is 38.7. The average Bonchev–Trinajstić information content (AvgIpc) is 3.09. The van der Waals surface area contributed by atoms with Gasteiger partial charge in [0.2, 0.25) is 11.8 Å². The third-order valence-corrected chi connectivity index (χ3v) is 5.00. The Kier molecular flexibility index (Phi) is 7.28. The van der Waals surface area contributed by atoms with Crippen molar-refractivity contribution >= 4 is 29.3 Å². The van der Waals surface area contributed by atoms with Gasteiger partial charge in [-0.3, -0.25) is 14.9 Å². The quantitative estimate of drug-likeness (QED) is 0.699. The number of likely N-dealkylation sites (tertiary alicyclic amines) is 1. The van der Waals surface area contributed by atoms with Crippen LogP contribution < -0.4 is 10.6 Å². The van der Waals surface area contributed by atoms with Gasteiger partial charge in [0.1, 0.15) is 0 Å². The molecule has 1 aliphatic heterocycles. The Bertz CT molecular complexity index is 940. The molecule has 7 heteroatoms. The molecule has 1 atom stereocenters. The molecule has 0 aliphatic carbocycles. The summed E-state index contributed by atoms with van der Waals surface area (Å²) < 4.78 is 5.11. The number of rotatable bonds is 7. The van der Waals surface area contributed by atoms with Crippen molar-refractivity contribution in [3.8, 4) is 0 Å². The van der Waals surface area contributed by atoms with E-state index in [2.05, 4.69) is 10.6 Å². The van der Waals surface area contributed by atoms with Crippen LogP contribution in [0.4, 0.5) is 16.2 Å². The van der Waals surface area contributed by atoms with Gasteiger partial charge in [-0.05, 0) is 36.6 Å². The van der Waals surface area contributed by atoms with E-state index in [0.29, 0.717) is 31.1 Å². The molecule has 0 radical (unpaired) electrons. The molecule has 7 nitrogen and oxygen atoms in total. The molecule has 1 heterocycles. The highest BCUT2D eigenvalue weighted by Gasteiger charge is 2.34. The van der Waals surface area contributed by atoms with E-state index in [1.165, 1.54) is 5.56 Å². The van der Waals surface area contributed by atoms with Gasteiger partial charge < -0.3 is 15.0 Å². The number of nitrogens with zero attached hydrogens (tertiary/aromatic N) is 1. The highest BCUT2D eigenvalue weighted by molar-refractivity contribution is 5.97. The number of anilines is 2. The summed E-state index contributed by atoms with van der Waals surface area (Å²) in [6.07, 6.45) is -0.345. The van der Waals surface area contributed by atoms with Gasteiger partial charge in [0, 0.05) is 30.9 Å². The van der Waals surface area contributed by atoms with Crippen LogP contribution in [-0.4, -0.2) is 36.0 Å². The molecule has 0 aromatic heterocycles. The Balaban J connectivity index is 1.54. The Hall–Kier alpha value is -3.35. The second kappa shape index (κ2) is 10.1. The van der Waals surface area contributed by atoms with Crippen LogP contribution in [0.1, 0.15) is 31.4 Å². The first-order chi connectivity index (χ1) is 14.8. The zero-order chi connectivity index (χ0) is 22.4. The molecule has 1 aliphatic rings. The van der Waals surface area contributed by atoms with Crippen molar-refractivity contribution in [3.05, 3.63) is 59.7 Å². The van der Waals surface area contributed by atoms with Gasteiger partial charge in [-0.2, -0.15) is 0 Å². The van der Waals surface area contributed by atoms with E-state index in [-0.39, 0.29) is 24.2 Å². The zero-order valence-electron chi connectivity index (χ0n) is 18.2. The third-order valence-electron chi connectivity index (χ3n) is 5.00. The number of benzene rings is 2. The lowest BCUT2D eigenvalue weighted by Crippen LogP contribution is -2.28. The molecule has 1 fully saturated rings. The molecule has 2 aromatic carbocycles. The van der Waals surface area contributed by atoms with Crippen LogP contribution >= 0.6 is 0 Å². The predicted octanol–water partition coefficient (Wildman–Crippen LogP) is 4.19. The van der Waals surface area contributed by atoms with Crippen molar-refractivity contribution in [1.82, 2.24) is 4.90 Å².